The Hall–Kier alpha value is -4.18. The van der Waals surface area contributed by atoms with Crippen LogP contribution in [-0.2, 0) is 11.3 Å². The zero-order valence-corrected chi connectivity index (χ0v) is 23.1. The van der Waals surface area contributed by atoms with E-state index in [4.69, 9.17) is 18.6 Å². The summed E-state index contributed by atoms with van der Waals surface area (Å²) in [6, 6.07) is 14.0. The summed E-state index contributed by atoms with van der Waals surface area (Å²) in [5.41, 5.74) is 1.48. The lowest BCUT2D eigenvalue weighted by Gasteiger charge is -2.13. The second-order valence-electron chi connectivity index (χ2n) is 8.98. The summed E-state index contributed by atoms with van der Waals surface area (Å²) in [6.07, 6.45) is 4.88. The molecular weight excluding hydrogens is 518 g/mol. The molecule has 0 spiro atoms. The molecule has 10 heteroatoms. The number of thioether (sulfide) groups is 1. The van der Waals surface area contributed by atoms with E-state index < -0.39 is 0 Å². The van der Waals surface area contributed by atoms with Crippen molar-refractivity contribution < 1.29 is 28.5 Å². The van der Waals surface area contributed by atoms with Crippen molar-refractivity contribution in [1.82, 2.24) is 4.90 Å². The van der Waals surface area contributed by atoms with Gasteiger partial charge in [-0.15, -0.1) is 5.10 Å². The van der Waals surface area contributed by atoms with Crippen LogP contribution in [0.25, 0.3) is 6.08 Å². The van der Waals surface area contributed by atoms with Gasteiger partial charge in [-0.2, -0.15) is 5.10 Å². The third-order valence-corrected chi connectivity index (χ3v) is 6.47. The van der Waals surface area contributed by atoms with Crippen LogP contribution in [0.4, 0.5) is 0 Å². The molecule has 1 fully saturated rings. The predicted molar refractivity (Wildman–Crippen MR) is 152 cm³/mol. The van der Waals surface area contributed by atoms with Gasteiger partial charge in [-0.25, -0.2) is 0 Å². The van der Waals surface area contributed by atoms with Gasteiger partial charge in [-0.1, -0.05) is 19.9 Å². The molecule has 1 N–H and O–H groups in total. The monoisotopic (exact) mass is 549 g/mol. The summed E-state index contributed by atoms with van der Waals surface area (Å²) in [4.78, 5) is 15.3. The molecule has 0 unspecified atom stereocenters. The zero-order chi connectivity index (χ0) is 27.8. The highest BCUT2D eigenvalue weighted by atomic mass is 32.2. The van der Waals surface area contributed by atoms with Crippen LogP contribution in [0.5, 0.6) is 23.0 Å². The summed E-state index contributed by atoms with van der Waals surface area (Å²) >= 11 is 1.21. The van der Waals surface area contributed by atoms with Gasteiger partial charge in [-0.3, -0.25) is 9.69 Å². The average molecular weight is 550 g/mol. The van der Waals surface area contributed by atoms with Gasteiger partial charge in [0.25, 0.3) is 5.91 Å². The molecule has 0 radical (unpaired) electrons. The highest BCUT2D eigenvalue weighted by Crippen LogP contribution is 2.35. The van der Waals surface area contributed by atoms with Crippen molar-refractivity contribution in [1.29, 1.82) is 0 Å². The van der Waals surface area contributed by atoms with Gasteiger partial charge in [0.05, 0.1) is 44.3 Å². The fourth-order valence-electron chi connectivity index (χ4n) is 3.61. The Bertz CT molecular complexity index is 1380. The number of benzene rings is 2. The second kappa shape index (κ2) is 13.1. The maximum Gasteiger partial charge on any atom is 0.267 e. The van der Waals surface area contributed by atoms with E-state index in [0.29, 0.717) is 57.8 Å². The van der Waals surface area contributed by atoms with Crippen molar-refractivity contribution in [2.75, 3.05) is 20.3 Å². The van der Waals surface area contributed by atoms with Crippen molar-refractivity contribution in [3.05, 3.63) is 76.6 Å². The topological polar surface area (TPSA) is 106 Å². The van der Waals surface area contributed by atoms with E-state index in [1.165, 1.54) is 22.7 Å². The van der Waals surface area contributed by atoms with Crippen LogP contribution in [-0.4, -0.2) is 47.6 Å². The fraction of sp³-hybridized carbons (Fsp3) is 0.276. The second-order valence-corrected chi connectivity index (χ2v) is 9.99. The van der Waals surface area contributed by atoms with Gasteiger partial charge in [0.15, 0.2) is 28.2 Å². The Morgan fingerprint density at radius 2 is 1.87 bits per heavy atom. The smallest absolute Gasteiger partial charge is 0.267 e. The summed E-state index contributed by atoms with van der Waals surface area (Å²) < 4.78 is 22.2. The molecule has 39 heavy (non-hydrogen) atoms. The molecule has 0 bridgehead atoms. The van der Waals surface area contributed by atoms with Crippen molar-refractivity contribution in [3.63, 3.8) is 0 Å². The third-order valence-electron chi connectivity index (χ3n) is 5.47. The van der Waals surface area contributed by atoms with E-state index in [0.717, 1.165) is 5.56 Å². The average Bonchev–Trinajstić information content (AvgIpc) is 3.54. The van der Waals surface area contributed by atoms with E-state index in [2.05, 4.69) is 24.1 Å². The van der Waals surface area contributed by atoms with Crippen molar-refractivity contribution in [2.45, 2.75) is 27.3 Å². The number of methoxy groups -OCH3 is 1. The van der Waals surface area contributed by atoms with Crippen LogP contribution in [0.2, 0.25) is 0 Å². The zero-order valence-electron chi connectivity index (χ0n) is 22.3. The lowest BCUT2D eigenvalue weighted by atomic mass is 10.2. The Morgan fingerprint density at radius 3 is 2.59 bits per heavy atom. The summed E-state index contributed by atoms with van der Waals surface area (Å²) in [5.74, 6) is 2.43. The number of amides is 1. The van der Waals surface area contributed by atoms with Crippen molar-refractivity contribution >= 4 is 35.1 Å². The van der Waals surface area contributed by atoms with Gasteiger partial charge in [0.2, 0.25) is 0 Å². The number of carbonyl (C=O) groups excluding carboxylic acids is 1. The van der Waals surface area contributed by atoms with Gasteiger partial charge in [-0.05, 0) is 84.3 Å². The number of aromatic hydroxyl groups is 1. The Morgan fingerprint density at radius 1 is 1.08 bits per heavy atom. The van der Waals surface area contributed by atoms with Crippen LogP contribution in [0, 0.1) is 5.92 Å². The van der Waals surface area contributed by atoms with Crippen LogP contribution >= 0.6 is 11.8 Å². The molecule has 1 aliphatic heterocycles. The van der Waals surface area contributed by atoms with E-state index in [1.54, 1.807) is 49.9 Å². The van der Waals surface area contributed by atoms with Crippen LogP contribution in [0.15, 0.2) is 74.3 Å². The molecule has 1 saturated heterocycles. The molecule has 4 rings (SSSR count). The predicted octanol–water partition coefficient (Wildman–Crippen LogP) is 5.93. The lowest BCUT2D eigenvalue weighted by molar-refractivity contribution is -0.122. The van der Waals surface area contributed by atoms with Crippen LogP contribution in [0.3, 0.4) is 0 Å². The highest BCUT2D eigenvalue weighted by molar-refractivity contribution is 8.18. The Kier molecular flexibility index (Phi) is 9.32. The minimum Gasteiger partial charge on any atom is -0.504 e. The van der Waals surface area contributed by atoms with Gasteiger partial charge >= 0.3 is 0 Å². The minimum atomic E-state index is -0.232. The lowest BCUT2D eigenvalue weighted by Crippen LogP contribution is -2.28. The maximum atomic E-state index is 13.3. The molecule has 1 aliphatic rings. The van der Waals surface area contributed by atoms with Crippen LogP contribution in [0.1, 0.15) is 37.7 Å². The molecule has 1 amide bonds. The Labute approximate surface area is 231 Å². The van der Waals surface area contributed by atoms with E-state index in [-0.39, 0.29) is 18.2 Å². The molecule has 2 aromatic carbocycles. The number of nitrogens with zero attached hydrogens (tertiary/aromatic N) is 3. The van der Waals surface area contributed by atoms with Gasteiger partial charge in [0, 0.05) is 0 Å². The molecule has 9 nitrogen and oxygen atoms in total. The first-order chi connectivity index (χ1) is 18.9. The Balaban J connectivity index is 1.58. The number of furan rings is 1. The first-order valence-corrected chi connectivity index (χ1v) is 13.3. The van der Waals surface area contributed by atoms with E-state index in [9.17, 15) is 9.90 Å². The van der Waals surface area contributed by atoms with E-state index >= 15 is 0 Å². The normalized spacial score (nSPS) is 15.7. The SMILES string of the molecule is CCOc1cc(/C=C2\S/C(=N\N=C\c3ccc(OCC(C)C)c(OC)c3)N(Cc3ccco3)C2=O)ccc1O. The first-order valence-electron chi connectivity index (χ1n) is 12.5. The maximum absolute atomic E-state index is 13.3. The summed E-state index contributed by atoms with van der Waals surface area (Å²) in [6.45, 7) is 7.20. The quantitative estimate of drug-likeness (QED) is 0.179. The molecule has 1 aromatic heterocycles. The molecule has 3 aromatic rings. The standard InChI is InChI=1S/C29H31N3O6S/c1-5-36-25-13-20(8-10-23(25)33)15-27-28(34)32(17-22-7-6-12-37-22)29(39-27)31-30-16-21-9-11-24(26(14-21)35-4)38-18-19(2)3/h6-16,19,33H,5,17-18H2,1-4H3/b27-15-,30-16+,31-29-. The van der Waals surface area contributed by atoms with Crippen molar-refractivity contribution in [3.8, 4) is 23.0 Å². The molecular formula is C29H31N3O6S. The number of hydrogen-bond donors (Lipinski definition) is 1. The fourth-order valence-corrected chi connectivity index (χ4v) is 4.54. The van der Waals surface area contributed by atoms with E-state index in [1.807, 2.05) is 25.1 Å². The van der Waals surface area contributed by atoms with Crippen molar-refractivity contribution in [2.24, 2.45) is 16.1 Å². The van der Waals surface area contributed by atoms with Gasteiger partial charge in [0.1, 0.15) is 5.76 Å². The molecule has 0 atom stereocenters. The number of rotatable bonds is 11. The minimum absolute atomic E-state index is 0.0385. The molecule has 0 aliphatic carbocycles. The van der Waals surface area contributed by atoms with Gasteiger partial charge < -0.3 is 23.7 Å². The number of carbonyl (C=O) groups is 1. The first kappa shape index (κ1) is 27.8. The highest BCUT2D eigenvalue weighted by Gasteiger charge is 2.34. The number of hydrogen-bond acceptors (Lipinski definition) is 9. The summed E-state index contributed by atoms with van der Waals surface area (Å²) in [7, 11) is 1.59. The number of amidine groups is 1. The summed E-state index contributed by atoms with van der Waals surface area (Å²) in [5, 5.41) is 19.0. The molecule has 0 saturated carbocycles. The van der Waals surface area contributed by atoms with Crippen LogP contribution < -0.4 is 14.2 Å². The number of phenols is 1. The number of ether oxygens (including phenoxy) is 3. The third kappa shape index (κ3) is 7.23. The largest absolute Gasteiger partial charge is 0.504 e. The number of phenolic OH excluding ortho intramolecular Hbond substituents is 1. The molecule has 2 heterocycles. The molecule has 204 valence electrons.